The summed E-state index contributed by atoms with van der Waals surface area (Å²) in [5.74, 6) is 2.08. The molecule has 0 spiro atoms. The molecule has 2 aromatic rings. The number of aryl methyl sites for hydroxylation is 1. The Morgan fingerprint density at radius 2 is 2.08 bits per heavy atom. The van der Waals surface area contributed by atoms with Crippen LogP contribution in [0.1, 0.15) is 60.7 Å². The third-order valence-corrected chi connectivity index (χ3v) is 5.30. The average Bonchev–Trinajstić information content (AvgIpc) is 3.28. The van der Waals surface area contributed by atoms with Crippen LogP contribution in [0.3, 0.4) is 0 Å². The molecule has 1 unspecified atom stereocenters. The molecule has 4 rings (SSSR count). The molecule has 128 valence electrons. The summed E-state index contributed by atoms with van der Waals surface area (Å²) in [6.07, 6.45) is 4.53. The molecule has 1 aliphatic heterocycles. The van der Waals surface area contributed by atoms with Crippen LogP contribution in [0, 0.1) is 12.8 Å². The summed E-state index contributed by atoms with van der Waals surface area (Å²) >= 11 is 0. The van der Waals surface area contributed by atoms with Crippen molar-refractivity contribution in [2.45, 2.75) is 64.8 Å². The van der Waals surface area contributed by atoms with Gasteiger partial charge < -0.3 is 14.5 Å². The fourth-order valence-corrected chi connectivity index (χ4v) is 3.99. The SMILES string of the molecule is Cc1nnc(C[C@@H]2CC[C@H](NC(C)c3ccc4c(c3)COC4)C2)o1. The highest BCUT2D eigenvalue weighted by Gasteiger charge is 2.27. The van der Waals surface area contributed by atoms with E-state index in [0.29, 0.717) is 23.9 Å². The molecule has 1 saturated carbocycles. The number of hydrogen-bond donors (Lipinski definition) is 1. The first-order valence-electron chi connectivity index (χ1n) is 8.92. The second-order valence-electron chi connectivity index (χ2n) is 7.20. The fraction of sp³-hybridized carbons (Fsp3) is 0.579. The van der Waals surface area contributed by atoms with Crippen molar-refractivity contribution in [2.75, 3.05) is 0 Å². The van der Waals surface area contributed by atoms with Gasteiger partial charge in [0.25, 0.3) is 0 Å². The van der Waals surface area contributed by atoms with Gasteiger partial charge in [-0.05, 0) is 48.8 Å². The van der Waals surface area contributed by atoms with Crippen molar-refractivity contribution in [3.05, 3.63) is 46.7 Å². The highest BCUT2D eigenvalue weighted by molar-refractivity contribution is 5.34. The van der Waals surface area contributed by atoms with Gasteiger partial charge in [0, 0.05) is 25.4 Å². The number of aromatic nitrogens is 2. The van der Waals surface area contributed by atoms with Crippen molar-refractivity contribution in [1.29, 1.82) is 0 Å². The highest BCUT2D eigenvalue weighted by atomic mass is 16.5. The lowest BCUT2D eigenvalue weighted by atomic mass is 10.0. The zero-order chi connectivity index (χ0) is 16.5. The van der Waals surface area contributed by atoms with E-state index in [9.17, 15) is 0 Å². The van der Waals surface area contributed by atoms with E-state index in [1.165, 1.54) is 36.0 Å². The van der Waals surface area contributed by atoms with Crippen LogP contribution < -0.4 is 5.32 Å². The summed E-state index contributed by atoms with van der Waals surface area (Å²) in [4.78, 5) is 0. The topological polar surface area (TPSA) is 60.2 Å². The molecule has 1 aromatic carbocycles. The summed E-state index contributed by atoms with van der Waals surface area (Å²) in [7, 11) is 0. The van der Waals surface area contributed by atoms with Crippen molar-refractivity contribution < 1.29 is 9.15 Å². The van der Waals surface area contributed by atoms with Crippen LogP contribution in [0.25, 0.3) is 0 Å². The van der Waals surface area contributed by atoms with Crippen LogP contribution in [0.15, 0.2) is 22.6 Å². The molecule has 5 heteroatoms. The zero-order valence-corrected chi connectivity index (χ0v) is 14.4. The summed E-state index contributed by atoms with van der Waals surface area (Å²) in [6.45, 7) is 5.62. The van der Waals surface area contributed by atoms with Gasteiger partial charge in [-0.1, -0.05) is 18.2 Å². The quantitative estimate of drug-likeness (QED) is 0.911. The summed E-state index contributed by atoms with van der Waals surface area (Å²) in [6, 6.07) is 7.68. The van der Waals surface area contributed by atoms with Crippen molar-refractivity contribution in [2.24, 2.45) is 5.92 Å². The monoisotopic (exact) mass is 327 g/mol. The van der Waals surface area contributed by atoms with Crippen LogP contribution in [-0.4, -0.2) is 16.2 Å². The number of nitrogens with zero attached hydrogens (tertiary/aromatic N) is 2. The standard InChI is InChI=1S/C19H25N3O2/c1-12(15-4-5-16-10-23-11-17(16)9-15)20-18-6-3-14(7-18)8-19-22-21-13(2)24-19/h4-5,9,12,14,18,20H,3,6-8,10-11H2,1-2H3/t12?,14-,18+/m1/s1. The molecule has 2 heterocycles. The van der Waals surface area contributed by atoms with E-state index in [2.05, 4.69) is 40.6 Å². The molecule has 1 fully saturated rings. The molecule has 0 bridgehead atoms. The lowest BCUT2D eigenvalue weighted by Gasteiger charge is -2.20. The first kappa shape index (κ1) is 15.8. The van der Waals surface area contributed by atoms with Crippen molar-refractivity contribution in [3.63, 3.8) is 0 Å². The number of rotatable bonds is 5. The highest BCUT2D eigenvalue weighted by Crippen LogP contribution is 2.31. The van der Waals surface area contributed by atoms with Crippen molar-refractivity contribution in [1.82, 2.24) is 15.5 Å². The van der Waals surface area contributed by atoms with Crippen LogP contribution in [0.5, 0.6) is 0 Å². The molecule has 0 amide bonds. The maximum Gasteiger partial charge on any atom is 0.216 e. The van der Waals surface area contributed by atoms with Crippen LogP contribution in [0.4, 0.5) is 0 Å². The maximum absolute atomic E-state index is 5.52. The van der Waals surface area contributed by atoms with Gasteiger partial charge in [0.1, 0.15) is 0 Å². The minimum atomic E-state index is 0.366. The second kappa shape index (κ2) is 6.65. The van der Waals surface area contributed by atoms with E-state index in [1.54, 1.807) is 0 Å². The molecule has 2 aliphatic rings. The lowest BCUT2D eigenvalue weighted by molar-refractivity contribution is 0.134. The number of ether oxygens (including phenoxy) is 1. The maximum atomic E-state index is 5.52. The zero-order valence-electron chi connectivity index (χ0n) is 14.4. The van der Waals surface area contributed by atoms with E-state index in [0.717, 1.165) is 25.5 Å². The fourth-order valence-electron chi connectivity index (χ4n) is 3.99. The third kappa shape index (κ3) is 3.37. The number of benzene rings is 1. The summed E-state index contributed by atoms with van der Waals surface area (Å²) in [5.41, 5.74) is 4.04. The van der Waals surface area contributed by atoms with Crippen LogP contribution in [0.2, 0.25) is 0 Å². The predicted molar refractivity (Wildman–Crippen MR) is 90.4 cm³/mol. The summed E-state index contributed by atoms with van der Waals surface area (Å²) < 4.78 is 11.0. The van der Waals surface area contributed by atoms with Gasteiger partial charge in [0.2, 0.25) is 11.8 Å². The van der Waals surface area contributed by atoms with E-state index in [4.69, 9.17) is 9.15 Å². The lowest BCUT2D eigenvalue weighted by Crippen LogP contribution is -2.29. The molecule has 1 aliphatic carbocycles. The minimum absolute atomic E-state index is 0.366. The largest absolute Gasteiger partial charge is 0.426 e. The molecule has 0 radical (unpaired) electrons. The molecule has 1 N–H and O–H groups in total. The van der Waals surface area contributed by atoms with Crippen LogP contribution in [-0.2, 0) is 24.4 Å². The molecule has 24 heavy (non-hydrogen) atoms. The predicted octanol–water partition coefficient (Wildman–Crippen LogP) is 3.47. The molecule has 1 aromatic heterocycles. The van der Waals surface area contributed by atoms with Gasteiger partial charge in [-0.25, -0.2) is 0 Å². The van der Waals surface area contributed by atoms with Gasteiger partial charge in [-0.15, -0.1) is 10.2 Å². The Labute approximate surface area is 142 Å². The van der Waals surface area contributed by atoms with Crippen molar-refractivity contribution >= 4 is 0 Å². The Hall–Kier alpha value is -1.72. The molecular formula is C19H25N3O2. The molecule has 3 atom stereocenters. The molecular weight excluding hydrogens is 302 g/mol. The normalized spacial score (nSPS) is 24.2. The average molecular weight is 327 g/mol. The van der Waals surface area contributed by atoms with E-state index >= 15 is 0 Å². The van der Waals surface area contributed by atoms with Crippen LogP contribution >= 0.6 is 0 Å². The Balaban J connectivity index is 1.32. The van der Waals surface area contributed by atoms with Gasteiger partial charge in [-0.3, -0.25) is 0 Å². The number of hydrogen-bond acceptors (Lipinski definition) is 5. The Morgan fingerprint density at radius 3 is 2.92 bits per heavy atom. The van der Waals surface area contributed by atoms with E-state index < -0.39 is 0 Å². The smallest absolute Gasteiger partial charge is 0.216 e. The Bertz CT molecular complexity index is 712. The van der Waals surface area contributed by atoms with Gasteiger partial charge in [0.05, 0.1) is 13.2 Å². The van der Waals surface area contributed by atoms with Crippen molar-refractivity contribution in [3.8, 4) is 0 Å². The molecule has 5 nitrogen and oxygen atoms in total. The first-order valence-corrected chi connectivity index (χ1v) is 8.92. The minimum Gasteiger partial charge on any atom is -0.426 e. The Morgan fingerprint density at radius 1 is 1.21 bits per heavy atom. The van der Waals surface area contributed by atoms with Gasteiger partial charge >= 0.3 is 0 Å². The van der Waals surface area contributed by atoms with Gasteiger partial charge in [0.15, 0.2) is 0 Å². The Kier molecular flexibility index (Phi) is 4.37. The summed E-state index contributed by atoms with van der Waals surface area (Å²) in [5, 5.41) is 11.8. The first-order chi connectivity index (χ1) is 11.7. The number of nitrogens with one attached hydrogen (secondary N) is 1. The van der Waals surface area contributed by atoms with E-state index in [1.807, 2.05) is 6.92 Å². The second-order valence-corrected chi connectivity index (χ2v) is 7.20. The molecule has 0 saturated heterocycles. The van der Waals surface area contributed by atoms with Gasteiger partial charge in [-0.2, -0.15) is 0 Å². The third-order valence-electron chi connectivity index (χ3n) is 5.30. The number of fused-ring (bicyclic) bond motifs is 1. The van der Waals surface area contributed by atoms with E-state index in [-0.39, 0.29) is 0 Å².